The SMILES string of the molecule is C[C@@H]1C[C@H](F)C[C@H](CCc2ccccc2)O1. The fourth-order valence-electron chi connectivity index (χ4n) is 2.34. The van der Waals surface area contributed by atoms with Crippen LogP contribution in [0.1, 0.15) is 31.7 Å². The summed E-state index contributed by atoms with van der Waals surface area (Å²) in [5, 5.41) is 0. The number of rotatable bonds is 3. The molecule has 0 saturated carbocycles. The van der Waals surface area contributed by atoms with Gasteiger partial charge in [-0.3, -0.25) is 0 Å². The van der Waals surface area contributed by atoms with E-state index in [4.69, 9.17) is 4.74 Å². The van der Waals surface area contributed by atoms with Crippen molar-refractivity contribution in [2.24, 2.45) is 0 Å². The lowest BCUT2D eigenvalue weighted by molar-refractivity contribution is -0.0705. The van der Waals surface area contributed by atoms with Gasteiger partial charge in [-0.15, -0.1) is 0 Å². The summed E-state index contributed by atoms with van der Waals surface area (Å²) in [5.74, 6) is 0. The highest BCUT2D eigenvalue weighted by atomic mass is 19.1. The predicted molar refractivity (Wildman–Crippen MR) is 63.2 cm³/mol. The van der Waals surface area contributed by atoms with E-state index in [0.717, 1.165) is 12.8 Å². The maximum absolute atomic E-state index is 13.3. The van der Waals surface area contributed by atoms with Crippen molar-refractivity contribution >= 4 is 0 Å². The van der Waals surface area contributed by atoms with Crippen LogP contribution in [0, 0.1) is 0 Å². The summed E-state index contributed by atoms with van der Waals surface area (Å²) < 4.78 is 19.1. The highest BCUT2D eigenvalue weighted by molar-refractivity contribution is 5.14. The smallest absolute Gasteiger partial charge is 0.105 e. The van der Waals surface area contributed by atoms with Crippen LogP contribution in [0.25, 0.3) is 0 Å². The second-order valence-corrected chi connectivity index (χ2v) is 4.66. The van der Waals surface area contributed by atoms with Gasteiger partial charge in [0, 0.05) is 12.8 Å². The van der Waals surface area contributed by atoms with Crippen LogP contribution in [0.5, 0.6) is 0 Å². The first-order valence-electron chi connectivity index (χ1n) is 6.07. The molecule has 1 aliphatic rings. The molecule has 0 aromatic heterocycles. The number of aryl methyl sites for hydroxylation is 1. The summed E-state index contributed by atoms with van der Waals surface area (Å²) in [7, 11) is 0. The van der Waals surface area contributed by atoms with Gasteiger partial charge in [-0.25, -0.2) is 4.39 Å². The standard InChI is InChI=1S/C14H19FO/c1-11-9-13(15)10-14(16-11)8-7-12-5-3-2-4-6-12/h2-6,11,13-14H,7-10H2,1H3/t11-,13+,14+/m1/s1. The molecule has 1 aromatic rings. The Kier molecular flexibility index (Phi) is 3.94. The van der Waals surface area contributed by atoms with Crippen molar-refractivity contribution in [1.29, 1.82) is 0 Å². The molecule has 0 aliphatic carbocycles. The maximum atomic E-state index is 13.3. The van der Waals surface area contributed by atoms with E-state index < -0.39 is 6.17 Å². The van der Waals surface area contributed by atoms with Gasteiger partial charge in [-0.05, 0) is 25.3 Å². The van der Waals surface area contributed by atoms with Gasteiger partial charge < -0.3 is 4.74 Å². The number of benzene rings is 1. The Balaban J connectivity index is 1.81. The molecule has 88 valence electrons. The van der Waals surface area contributed by atoms with E-state index in [9.17, 15) is 4.39 Å². The number of ether oxygens (including phenoxy) is 1. The Labute approximate surface area is 96.6 Å². The molecular weight excluding hydrogens is 203 g/mol. The Morgan fingerprint density at radius 3 is 2.69 bits per heavy atom. The van der Waals surface area contributed by atoms with Crippen LogP contribution in [0.4, 0.5) is 4.39 Å². The molecule has 0 N–H and O–H groups in total. The quantitative estimate of drug-likeness (QED) is 0.760. The van der Waals surface area contributed by atoms with Crippen LogP contribution < -0.4 is 0 Å². The van der Waals surface area contributed by atoms with Gasteiger partial charge in [0.05, 0.1) is 12.2 Å². The monoisotopic (exact) mass is 222 g/mol. The molecule has 1 heterocycles. The third kappa shape index (κ3) is 3.31. The summed E-state index contributed by atoms with van der Waals surface area (Å²) in [6.07, 6.45) is 2.52. The zero-order valence-corrected chi connectivity index (χ0v) is 9.73. The highest BCUT2D eigenvalue weighted by Crippen LogP contribution is 2.24. The topological polar surface area (TPSA) is 9.23 Å². The van der Waals surface area contributed by atoms with E-state index in [-0.39, 0.29) is 12.2 Å². The minimum atomic E-state index is -0.676. The zero-order valence-electron chi connectivity index (χ0n) is 9.73. The molecule has 1 aromatic carbocycles. The molecule has 1 aliphatic heterocycles. The number of hydrogen-bond acceptors (Lipinski definition) is 1. The second-order valence-electron chi connectivity index (χ2n) is 4.66. The van der Waals surface area contributed by atoms with Crippen molar-refractivity contribution in [3.05, 3.63) is 35.9 Å². The van der Waals surface area contributed by atoms with E-state index in [2.05, 4.69) is 12.1 Å². The molecule has 0 unspecified atom stereocenters. The lowest BCUT2D eigenvalue weighted by Gasteiger charge is -2.30. The van der Waals surface area contributed by atoms with Gasteiger partial charge in [-0.2, -0.15) is 0 Å². The van der Waals surface area contributed by atoms with Crippen LogP contribution in [0.2, 0.25) is 0 Å². The molecule has 3 atom stereocenters. The van der Waals surface area contributed by atoms with Crippen LogP contribution in [-0.4, -0.2) is 18.4 Å². The largest absolute Gasteiger partial charge is 0.375 e. The van der Waals surface area contributed by atoms with Crippen molar-refractivity contribution < 1.29 is 9.13 Å². The Hall–Kier alpha value is -0.890. The van der Waals surface area contributed by atoms with E-state index >= 15 is 0 Å². The van der Waals surface area contributed by atoms with Gasteiger partial charge >= 0.3 is 0 Å². The van der Waals surface area contributed by atoms with Crippen molar-refractivity contribution in [2.45, 2.75) is 51.0 Å². The minimum Gasteiger partial charge on any atom is -0.375 e. The summed E-state index contributed by atoms with van der Waals surface area (Å²) >= 11 is 0. The average Bonchev–Trinajstić information content (AvgIpc) is 2.27. The molecule has 16 heavy (non-hydrogen) atoms. The minimum absolute atomic E-state index is 0.0736. The molecule has 0 radical (unpaired) electrons. The van der Waals surface area contributed by atoms with Gasteiger partial charge in [-0.1, -0.05) is 30.3 Å². The highest BCUT2D eigenvalue weighted by Gasteiger charge is 2.26. The Bertz CT molecular complexity index is 302. The van der Waals surface area contributed by atoms with Gasteiger partial charge in [0.15, 0.2) is 0 Å². The van der Waals surface area contributed by atoms with Crippen molar-refractivity contribution in [1.82, 2.24) is 0 Å². The lowest BCUT2D eigenvalue weighted by atomic mass is 9.98. The molecule has 1 saturated heterocycles. The summed E-state index contributed by atoms with van der Waals surface area (Å²) in [5.41, 5.74) is 1.31. The fraction of sp³-hybridized carbons (Fsp3) is 0.571. The Morgan fingerprint density at radius 1 is 1.25 bits per heavy atom. The molecule has 2 heteroatoms. The van der Waals surface area contributed by atoms with Crippen molar-refractivity contribution in [3.63, 3.8) is 0 Å². The zero-order chi connectivity index (χ0) is 11.4. The van der Waals surface area contributed by atoms with Crippen LogP contribution in [0.15, 0.2) is 30.3 Å². The van der Waals surface area contributed by atoms with E-state index in [0.29, 0.717) is 12.8 Å². The maximum Gasteiger partial charge on any atom is 0.105 e. The molecular formula is C14H19FO. The molecule has 1 nitrogen and oxygen atoms in total. The number of hydrogen-bond donors (Lipinski definition) is 0. The third-order valence-electron chi connectivity index (χ3n) is 3.13. The predicted octanol–water partition coefficient (Wildman–Crippen LogP) is 3.52. The van der Waals surface area contributed by atoms with Crippen molar-refractivity contribution in [2.75, 3.05) is 0 Å². The number of halogens is 1. The first kappa shape index (κ1) is 11.6. The van der Waals surface area contributed by atoms with Gasteiger partial charge in [0.1, 0.15) is 6.17 Å². The van der Waals surface area contributed by atoms with Crippen LogP contribution in [0.3, 0.4) is 0 Å². The second kappa shape index (κ2) is 5.44. The molecule has 1 fully saturated rings. The molecule has 0 bridgehead atoms. The van der Waals surface area contributed by atoms with E-state index in [1.165, 1.54) is 5.56 Å². The van der Waals surface area contributed by atoms with Crippen LogP contribution >= 0.6 is 0 Å². The van der Waals surface area contributed by atoms with Crippen molar-refractivity contribution in [3.8, 4) is 0 Å². The number of alkyl halides is 1. The summed E-state index contributed by atoms with van der Waals surface area (Å²) in [4.78, 5) is 0. The summed E-state index contributed by atoms with van der Waals surface area (Å²) in [6.45, 7) is 1.96. The lowest BCUT2D eigenvalue weighted by Crippen LogP contribution is -2.32. The van der Waals surface area contributed by atoms with E-state index in [1.54, 1.807) is 0 Å². The average molecular weight is 222 g/mol. The van der Waals surface area contributed by atoms with Gasteiger partial charge in [0.2, 0.25) is 0 Å². The van der Waals surface area contributed by atoms with Crippen LogP contribution in [-0.2, 0) is 11.2 Å². The first-order chi connectivity index (χ1) is 7.74. The fourth-order valence-corrected chi connectivity index (χ4v) is 2.34. The van der Waals surface area contributed by atoms with Gasteiger partial charge in [0.25, 0.3) is 0 Å². The third-order valence-corrected chi connectivity index (χ3v) is 3.13. The molecule has 2 rings (SSSR count). The first-order valence-corrected chi connectivity index (χ1v) is 6.07. The molecule has 0 amide bonds. The Morgan fingerprint density at radius 2 is 2.00 bits per heavy atom. The van der Waals surface area contributed by atoms with E-state index in [1.807, 2.05) is 25.1 Å². The summed E-state index contributed by atoms with van der Waals surface area (Å²) in [6, 6.07) is 10.3. The molecule has 0 spiro atoms. The normalized spacial score (nSPS) is 30.2.